The number of aromatic carboxylic acids is 1. The van der Waals surface area contributed by atoms with Crippen molar-refractivity contribution in [2.75, 3.05) is 45.2 Å². The van der Waals surface area contributed by atoms with Crippen LogP contribution in [0, 0.1) is 0 Å². The molecule has 19 heavy (non-hydrogen) atoms. The average molecular weight is 266 g/mol. The van der Waals surface area contributed by atoms with Gasteiger partial charge in [-0.15, -0.1) is 0 Å². The highest BCUT2D eigenvalue weighted by atomic mass is 16.5. The Bertz CT molecular complexity index is 444. The first-order valence-electron chi connectivity index (χ1n) is 6.22. The van der Waals surface area contributed by atoms with E-state index in [1.54, 1.807) is 6.07 Å². The van der Waals surface area contributed by atoms with Crippen LogP contribution < -0.4 is 10.5 Å². The van der Waals surface area contributed by atoms with E-state index in [2.05, 4.69) is 4.90 Å². The number of nitrogen functional groups attached to an aromatic ring is 1. The first-order valence-corrected chi connectivity index (χ1v) is 6.22. The van der Waals surface area contributed by atoms with E-state index in [4.69, 9.17) is 20.3 Å². The molecule has 2 rings (SSSR count). The Hall–Kier alpha value is -1.79. The topological polar surface area (TPSA) is 85.0 Å². The summed E-state index contributed by atoms with van der Waals surface area (Å²) in [6.45, 7) is 4.54. The van der Waals surface area contributed by atoms with Crippen LogP contribution in [0.15, 0.2) is 18.2 Å². The number of hydrogen-bond donors (Lipinski definition) is 2. The number of carboxylic acid groups (broad SMARTS) is 1. The summed E-state index contributed by atoms with van der Waals surface area (Å²) in [5.41, 5.74) is 6.38. The number of carboxylic acids is 1. The molecule has 1 aliphatic heterocycles. The standard InChI is InChI=1S/C13H18N2O4/c14-11-2-1-10(13(16)17)9-12(11)19-8-5-15-3-6-18-7-4-15/h1-2,9H,3-8,14H2,(H,16,17). The molecular weight excluding hydrogens is 248 g/mol. The molecule has 104 valence electrons. The summed E-state index contributed by atoms with van der Waals surface area (Å²) in [7, 11) is 0. The molecular formula is C13H18N2O4. The number of nitrogens with zero attached hydrogens (tertiary/aromatic N) is 1. The number of carbonyl (C=O) groups is 1. The Kier molecular flexibility index (Phi) is 4.59. The summed E-state index contributed by atoms with van der Waals surface area (Å²) >= 11 is 0. The highest BCUT2D eigenvalue weighted by Gasteiger charge is 2.11. The van der Waals surface area contributed by atoms with Crippen LogP contribution in [0.1, 0.15) is 10.4 Å². The lowest BCUT2D eigenvalue weighted by Crippen LogP contribution is -2.38. The predicted molar refractivity (Wildman–Crippen MR) is 70.6 cm³/mol. The fourth-order valence-corrected chi connectivity index (χ4v) is 1.90. The van der Waals surface area contributed by atoms with Gasteiger partial charge in [0, 0.05) is 19.6 Å². The molecule has 0 aromatic heterocycles. The van der Waals surface area contributed by atoms with Crippen LogP contribution in [-0.2, 0) is 4.74 Å². The lowest BCUT2D eigenvalue weighted by molar-refractivity contribution is 0.0323. The first kappa shape index (κ1) is 13.6. The molecule has 0 bridgehead atoms. The van der Waals surface area contributed by atoms with Crippen LogP contribution in [0.2, 0.25) is 0 Å². The monoisotopic (exact) mass is 266 g/mol. The molecule has 6 nitrogen and oxygen atoms in total. The minimum atomic E-state index is -0.988. The summed E-state index contributed by atoms with van der Waals surface area (Å²) in [6.07, 6.45) is 0. The van der Waals surface area contributed by atoms with Crippen LogP contribution in [0.25, 0.3) is 0 Å². The first-order chi connectivity index (χ1) is 9.16. The summed E-state index contributed by atoms with van der Waals surface area (Å²) in [5.74, 6) is -0.564. The third-order valence-electron chi connectivity index (χ3n) is 3.03. The van der Waals surface area contributed by atoms with Gasteiger partial charge in [0.25, 0.3) is 0 Å². The minimum Gasteiger partial charge on any atom is -0.490 e. The van der Waals surface area contributed by atoms with Crippen molar-refractivity contribution >= 4 is 11.7 Å². The third kappa shape index (κ3) is 3.84. The van der Waals surface area contributed by atoms with Crippen molar-refractivity contribution in [2.24, 2.45) is 0 Å². The van der Waals surface area contributed by atoms with Crippen molar-refractivity contribution in [1.29, 1.82) is 0 Å². The van der Waals surface area contributed by atoms with Crippen molar-refractivity contribution in [3.8, 4) is 5.75 Å². The molecule has 1 aliphatic rings. The van der Waals surface area contributed by atoms with Gasteiger partial charge >= 0.3 is 5.97 Å². The molecule has 0 saturated carbocycles. The van der Waals surface area contributed by atoms with Crippen LogP contribution in [-0.4, -0.2) is 55.4 Å². The Balaban J connectivity index is 1.87. The van der Waals surface area contributed by atoms with E-state index < -0.39 is 5.97 Å². The van der Waals surface area contributed by atoms with Crippen molar-refractivity contribution in [1.82, 2.24) is 4.90 Å². The van der Waals surface area contributed by atoms with E-state index in [1.165, 1.54) is 12.1 Å². The lowest BCUT2D eigenvalue weighted by Gasteiger charge is -2.26. The molecule has 1 saturated heterocycles. The van der Waals surface area contributed by atoms with Crippen molar-refractivity contribution in [3.05, 3.63) is 23.8 Å². The molecule has 3 N–H and O–H groups in total. The van der Waals surface area contributed by atoms with E-state index in [1.807, 2.05) is 0 Å². The SMILES string of the molecule is Nc1ccc(C(=O)O)cc1OCCN1CCOCC1. The number of rotatable bonds is 5. The molecule has 0 atom stereocenters. The minimum absolute atomic E-state index is 0.176. The zero-order chi connectivity index (χ0) is 13.7. The zero-order valence-electron chi connectivity index (χ0n) is 10.7. The van der Waals surface area contributed by atoms with E-state index in [-0.39, 0.29) is 5.56 Å². The Morgan fingerprint density at radius 2 is 2.16 bits per heavy atom. The Morgan fingerprint density at radius 3 is 2.84 bits per heavy atom. The van der Waals surface area contributed by atoms with Gasteiger partial charge in [0.15, 0.2) is 0 Å². The normalized spacial score (nSPS) is 16.2. The highest BCUT2D eigenvalue weighted by Crippen LogP contribution is 2.22. The van der Waals surface area contributed by atoms with Gasteiger partial charge in [-0.2, -0.15) is 0 Å². The molecule has 1 aromatic rings. The molecule has 1 fully saturated rings. The molecule has 0 amide bonds. The molecule has 0 aliphatic carbocycles. The van der Waals surface area contributed by atoms with Crippen LogP contribution in [0.3, 0.4) is 0 Å². The molecule has 6 heteroatoms. The smallest absolute Gasteiger partial charge is 0.335 e. The van der Waals surface area contributed by atoms with Gasteiger partial charge in [-0.25, -0.2) is 4.79 Å². The lowest BCUT2D eigenvalue weighted by atomic mass is 10.2. The van der Waals surface area contributed by atoms with Crippen molar-refractivity contribution in [2.45, 2.75) is 0 Å². The fraction of sp³-hybridized carbons (Fsp3) is 0.462. The van der Waals surface area contributed by atoms with E-state index in [0.29, 0.717) is 18.0 Å². The molecule has 1 aromatic carbocycles. The predicted octanol–water partition coefficient (Wildman–Crippen LogP) is 0.678. The number of nitrogens with two attached hydrogens (primary N) is 1. The second-order valence-electron chi connectivity index (χ2n) is 4.36. The maximum absolute atomic E-state index is 10.9. The van der Waals surface area contributed by atoms with Gasteiger partial charge in [0.2, 0.25) is 0 Å². The third-order valence-corrected chi connectivity index (χ3v) is 3.03. The van der Waals surface area contributed by atoms with Gasteiger partial charge in [0.05, 0.1) is 24.5 Å². The van der Waals surface area contributed by atoms with Gasteiger partial charge in [-0.3, -0.25) is 4.90 Å². The van der Waals surface area contributed by atoms with E-state index in [9.17, 15) is 4.79 Å². The largest absolute Gasteiger partial charge is 0.490 e. The second-order valence-corrected chi connectivity index (χ2v) is 4.36. The molecule has 0 unspecified atom stereocenters. The van der Waals surface area contributed by atoms with Gasteiger partial charge in [-0.05, 0) is 18.2 Å². The molecule has 0 radical (unpaired) electrons. The van der Waals surface area contributed by atoms with Crippen LogP contribution in [0.4, 0.5) is 5.69 Å². The molecule has 0 spiro atoms. The van der Waals surface area contributed by atoms with Crippen molar-refractivity contribution in [3.63, 3.8) is 0 Å². The zero-order valence-corrected chi connectivity index (χ0v) is 10.7. The van der Waals surface area contributed by atoms with E-state index in [0.717, 1.165) is 32.8 Å². The highest BCUT2D eigenvalue weighted by molar-refractivity contribution is 5.89. The summed E-state index contributed by atoms with van der Waals surface area (Å²) < 4.78 is 10.8. The Morgan fingerprint density at radius 1 is 1.42 bits per heavy atom. The quantitative estimate of drug-likeness (QED) is 0.762. The average Bonchev–Trinajstić information content (AvgIpc) is 2.42. The summed E-state index contributed by atoms with van der Waals surface area (Å²) in [6, 6.07) is 4.47. The number of morpholine rings is 1. The summed E-state index contributed by atoms with van der Waals surface area (Å²) in [5, 5.41) is 8.91. The Labute approximate surface area is 111 Å². The fourth-order valence-electron chi connectivity index (χ4n) is 1.90. The van der Waals surface area contributed by atoms with Gasteiger partial charge in [0.1, 0.15) is 12.4 Å². The number of hydrogen-bond acceptors (Lipinski definition) is 5. The second kappa shape index (κ2) is 6.40. The van der Waals surface area contributed by atoms with Crippen LogP contribution in [0.5, 0.6) is 5.75 Å². The molecule has 1 heterocycles. The van der Waals surface area contributed by atoms with Gasteiger partial charge < -0.3 is 20.3 Å². The number of anilines is 1. The van der Waals surface area contributed by atoms with Crippen LogP contribution >= 0.6 is 0 Å². The van der Waals surface area contributed by atoms with E-state index >= 15 is 0 Å². The maximum Gasteiger partial charge on any atom is 0.335 e. The van der Waals surface area contributed by atoms with Gasteiger partial charge in [-0.1, -0.05) is 0 Å². The maximum atomic E-state index is 10.9. The number of ether oxygens (including phenoxy) is 2. The van der Waals surface area contributed by atoms with Crippen molar-refractivity contribution < 1.29 is 19.4 Å². The summed E-state index contributed by atoms with van der Waals surface area (Å²) in [4.78, 5) is 13.1. The number of benzene rings is 1.